The average Bonchev–Trinajstić information content (AvgIpc) is 2.97. The third kappa shape index (κ3) is 4.56. The zero-order valence-electron chi connectivity index (χ0n) is 16.8. The monoisotopic (exact) mass is 413 g/mol. The molecule has 0 bridgehead atoms. The minimum Gasteiger partial charge on any atom is -0.454 e. The lowest BCUT2D eigenvalue weighted by Gasteiger charge is -2.14. The Morgan fingerprint density at radius 2 is 1.60 bits per heavy atom. The van der Waals surface area contributed by atoms with Crippen LogP contribution in [-0.4, -0.2) is 66.6 Å². The van der Waals surface area contributed by atoms with E-state index >= 15 is 0 Å². The average molecular weight is 413 g/mol. The van der Waals surface area contributed by atoms with Crippen molar-refractivity contribution in [3.63, 3.8) is 0 Å². The molecule has 4 amide bonds. The standard InChI is InChI=1S/C21H23N3O6/c1-23(2)19(27)13-7-9-14(10-8-13)22-17(25)12-30-18(26)11-24-20(28)15-5-3-4-6-16(15)21(24)29/h3-4,7-10,15-16H,5-6,11-12H2,1-2H3,(H,22,25)/t15-,16-/m1/s1. The van der Waals surface area contributed by atoms with E-state index in [0.717, 1.165) is 4.90 Å². The van der Waals surface area contributed by atoms with E-state index in [9.17, 15) is 24.0 Å². The number of nitrogens with one attached hydrogen (secondary N) is 1. The van der Waals surface area contributed by atoms with Crippen LogP contribution in [-0.2, 0) is 23.9 Å². The first-order valence-electron chi connectivity index (χ1n) is 9.55. The maximum atomic E-state index is 12.3. The van der Waals surface area contributed by atoms with E-state index in [4.69, 9.17) is 4.74 Å². The van der Waals surface area contributed by atoms with Gasteiger partial charge in [0.15, 0.2) is 6.61 Å². The topological polar surface area (TPSA) is 113 Å². The van der Waals surface area contributed by atoms with Crippen LogP contribution in [0.2, 0.25) is 0 Å². The number of imide groups is 1. The number of benzene rings is 1. The fourth-order valence-electron chi connectivity index (χ4n) is 3.50. The summed E-state index contributed by atoms with van der Waals surface area (Å²) >= 11 is 0. The first-order chi connectivity index (χ1) is 14.3. The highest BCUT2D eigenvalue weighted by Crippen LogP contribution is 2.34. The fourth-order valence-corrected chi connectivity index (χ4v) is 3.50. The molecule has 1 aromatic carbocycles. The van der Waals surface area contributed by atoms with Crippen LogP contribution in [0.5, 0.6) is 0 Å². The highest BCUT2D eigenvalue weighted by Gasteiger charge is 2.47. The summed E-state index contributed by atoms with van der Waals surface area (Å²) in [6.07, 6.45) is 4.70. The minimum absolute atomic E-state index is 0.163. The largest absolute Gasteiger partial charge is 0.454 e. The molecule has 1 aliphatic heterocycles. The molecule has 2 aliphatic rings. The molecule has 158 valence electrons. The summed E-state index contributed by atoms with van der Waals surface area (Å²) in [6, 6.07) is 6.27. The Labute approximate surface area is 173 Å². The summed E-state index contributed by atoms with van der Waals surface area (Å²) < 4.78 is 4.91. The van der Waals surface area contributed by atoms with Crippen molar-refractivity contribution in [2.45, 2.75) is 12.8 Å². The van der Waals surface area contributed by atoms with Gasteiger partial charge in [0, 0.05) is 25.3 Å². The summed E-state index contributed by atoms with van der Waals surface area (Å²) in [5.41, 5.74) is 0.910. The van der Waals surface area contributed by atoms with Crippen molar-refractivity contribution in [2.75, 3.05) is 32.6 Å². The third-order valence-corrected chi connectivity index (χ3v) is 5.07. The number of nitrogens with zero attached hydrogens (tertiary/aromatic N) is 2. The number of hydrogen-bond donors (Lipinski definition) is 1. The lowest BCUT2D eigenvalue weighted by atomic mass is 9.85. The predicted octanol–water partition coefficient (Wildman–Crippen LogP) is 0.821. The van der Waals surface area contributed by atoms with Crippen molar-refractivity contribution >= 4 is 35.3 Å². The Balaban J connectivity index is 1.47. The summed E-state index contributed by atoms with van der Waals surface area (Å²) in [4.78, 5) is 62.9. The molecule has 0 saturated carbocycles. The predicted molar refractivity (Wildman–Crippen MR) is 106 cm³/mol. The Kier molecular flexibility index (Phi) is 6.29. The van der Waals surface area contributed by atoms with E-state index in [1.807, 2.05) is 12.2 Å². The third-order valence-electron chi connectivity index (χ3n) is 5.07. The van der Waals surface area contributed by atoms with Crippen molar-refractivity contribution in [3.05, 3.63) is 42.0 Å². The van der Waals surface area contributed by atoms with Crippen molar-refractivity contribution in [1.29, 1.82) is 0 Å². The van der Waals surface area contributed by atoms with Gasteiger partial charge in [-0.1, -0.05) is 12.2 Å². The summed E-state index contributed by atoms with van der Waals surface area (Å²) in [5.74, 6) is -3.14. The Morgan fingerprint density at radius 1 is 1.03 bits per heavy atom. The zero-order chi connectivity index (χ0) is 21.8. The number of rotatable bonds is 6. The SMILES string of the molecule is CN(C)C(=O)c1ccc(NC(=O)COC(=O)CN2C(=O)[C@@H]3CC=CC[C@H]3C2=O)cc1. The van der Waals surface area contributed by atoms with Gasteiger partial charge in [-0.3, -0.25) is 28.9 Å². The van der Waals surface area contributed by atoms with Gasteiger partial charge in [-0.15, -0.1) is 0 Å². The second kappa shape index (κ2) is 8.89. The van der Waals surface area contributed by atoms with Crippen LogP contribution in [0.15, 0.2) is 36.4 Å². The first kappa shape index (κ1) is 21.2. The molecule has 1 N–H and O–H groups in total. The molecule has 1 heterocycles. The molecular weight excluding hydrogens is 390 g/mol. The number of ether oxygens (including phenoxy) is 1. The van der Waals surface area contributed by atoms with Gasteiger partial charge >= 0.3 is 5.97 Å². The van der Waals surface area contributed by atoms with E-state index < -0.39 is 36.9 Å². The minimum atomic E-state index is -0.828. The van der Waals surface area contributed by atoms with Crippen molar-refractivity contribution < 1.29 is 28.7 Å². The number of esters is 1. The Bertz CT molecular complexity index is 880. The van der Waals surface area contributed by atoms with Crippen LogP contribution in [0.25, 0.3) is 0 Å². The smallest absolute Gasteiger partial charge is 0.326 e. The van der Waals surface area contributed by atoms with Gasteiger partial charge < -0.3 is 15.0 Å². The number of anilines is 1. The van der Waals surface area contributed by atoms with E-state index in [1.54, 1.807) is 38.4 Å². The normalized spacial score (nSPS) is 20.0. The van der Waals surface area contributed by atoms with Crippen molar-refractivity contribution in [3.8, 4) is 0 Å². The number of fused-ring (bicyclic) bond motifs is 1. The molecule has 9 heteroatoms. The lowest BCUT2D eigenvalue weighted by Crippen LogP contribution is -2.37. The molecule has 1 fully saturated rings. The van der Waals surface area contributed by atoms with Gasteiger partial charge in [0.2, 0.25) is 11.8 Å². The summed E-state index contributed by atoms with van der Waals surface area (Å²) in [7, 11) is 3.28. The van der Waals surface area contributed by atoms with Gasteiger partial charge in [-0.2, -0.15) is 0 Å². The van der Waals surface area contributed by atoms with Gasteiger partial charge in [-0.05, 0) is 37.1 Å². The molecule has 0 radical (unpaired) electrons. The van der Waals surface area contributed by atoms with Gasteiger partial charge in [-0.25, -0.2) is 0 Å². The van der Waals surface area contributed by atoms with Crippen LogP contribution in [0.1, 0.15) is 23.2 Å². The molecule has 9 nitrogen and oxygen atoms in total. The molecule has 0 unspecified atom stereocenters. The molecule has 0 spiro atoms. The number of allylic oxidation sites excluding steroid dienone is 2. The van der Waals surface area contributed by atoms with Crippen LogP contribution in [0.4, 0.5) is 5.69 Å². The first-order valence-corrected chi connectivity index (χ1v) is 9.55. The lowest BCUT2D eigenvalue weighted by molar-refractivity contribution is -0.154. The number of amides is 4. The maximum absolute atomic E-state index is 12.3. The summed E-state index contributed by atoms with van der Waals surface area (Å²) in [5, 5.41) is 2.55. The quantitative estimate of drug-likeness (QED) is 0.420. The number of carbonyl (C=O) groups is 5. The molecule has 30 heavy (non-hydrogen) atoms. The van der Waals surface area contributed by atoms with E-state index in [1.165, 1.54) is 4.90 Å². The van der Waals surface area contributed by atoms with Crippen LogP contribution < -0.4 is 5.32 Å². The van der Waals surface area contributed by atoms with Crippen LogP contribution in [0.3, 0.4) is 0 Å². The fraction of sp³-hybridized carbons (Fsp3) is 0.381. The zero-order valence-corrected chi connectivity index (χ0v) is 16.8. The van der Waals surface area contributed by atoms with Gasteiger partial charge in [0.25, 0.3) is 11.8 Å². The van der Waals surface area contributed by atoms with E-state index in [0.29, 0.717) is 24.1 Å². The number of likely N-dealkylation sites (tertiary alicyclic amines) is 1. The molecule has 0 aromatic heterocycles. The van der Waals surface area contributed by atoms with Gasteiger partial charge in [0.05, 0.1) is 11.8 Å². The van der Waals surface area contributed by atoms with E-state index in [2.05, 4.69) is 5.32 Å². The molecule has 1 aromatic rings. The highest BCUT2D eigenvalue weighted by molar-refractivity contribution is 6.07. The van der Waals surface area contributed by atoms with Crippen molar-refractivity contribution in [1.82, 2.24) is 9.80 Å². The second-order valence-electron chi connectivity index (χ2n) is 7.40. The molecule has 1 saturated heterocycles. The molecule has 2 atom stereocenters. The number of hydrogen-bond acceptors (Lipinski definition) is 6. The number of carbonyl (C=O) groups excluding carboxylic acids is 5. The van der Waals surface area contributed by atoms with Crippen molar-refractivity contribution in [2.24, 2.45) is 11.8 Å². The van der Waals surface area contributed by atoms with Crippen LogP contribution in [0, 0.1) is 11.8 Å². The Hall–Kier alpha value is -3.49. The van der Waals surface area contributed by atoms with Gasteiger partial charge in [0.1, 0.15) is 6.54 Å². The van der Waals surface area contributed by atoms with E-state index in [-0.39, 0.29) is 17.7 Å². The Morgan fingerprint density at radius 3 is 2.13 bits per heavy atom. The highest BCUT2D eigenvalue weighted by atomic mass is 16.5. The van der Waals surface area contributed by atoms with Crippen LogP contribution >= 0.6 is 0 Å². The summed E-state index contributed by atoms with van der Waals surface area (Å²) in [6.45, 7) is -1.05. The molecule has 1 aliphatic carbocycles. The second-order valence-corrected chi connectivity index (χ2v) is 7.40. The molecular formula is C21H23N3O6. The maximum Gasteiger partial charge on any atom is 0.326 e. The molecule has 3 rings (SSSR count).